The quantitative estimate of drug-likeness (QED) is 0.943. The van der Waals surface area contributed by atoms with E-state index >= 15 is 0 Å². The van der Waals surface area contributed by atoms with Crippen LogP contribution in [0.5, 0.6) is 0 Å². The molecule has 1 heterocycles. The molecule has 5 heteroatoms. The van der Waals surface area contributed by atoms with Crippen molar-refractivity contribution in [1.82, 2.24) is 20.1 Å². The zero-order valence-corrected chi connectivity index (χ0v) is 12.5. The van der Waals surface area contributed by atoms with Crippen molar-refractivity contribution in [3.63, 3.8) is 0 Å². The Kier molecular flexibility index (Phi) is 4.14. The average molecular weight is 309 g/mol. The van der Waals surface area contributed by atoms with Gasteiger partial charge in [0.2, 0.25) is 0 Å². The zero-order chi connectivity index (χ0) is 13.1. The van der Waals surface area contributed by atoms with E-state index in [0.717, 1.165) is 29.2 Å². The minimum Gasteiger partial charge on any atom is -0.316 e. The average Bonchev–Trinajstić information content (AvgIpc) is 2.62. The second kappa shape index (κ2) is 5.63. The van der Waals surface area contributed by atoms with E-state index < -0.39 is 0 Å². The van der Waals surface area contributed by atoms with Gasteiger partial charge < -0.3 is 5.32 Å². The van der Waals surface area contributed by atoms with E-state index in [4.69, 9.17) is 0 Å². The van der Waals surface area contributed by atoms with Crippen molar-refractivity contribution >= 4 is 15.9 Å². The Hall–Kier alpha value is -1.20. The molecule has 18 heavy (non-hydrogen) atoms. The molecule has 0 radical (unpaired) electrons. The van der Waals surface area contributed by atoms with E-state index in [2.05, 4.69) is 49.5 Å². The molecule has 0 aliphatic heterocycles. The van der Waals surface area contributed by atoms with Crippen LogP contribution in [0.2, 0.25) is 0 Å². The Labute approximate surface area is 116 Å². The van der Waals surface area contributed by atoms with E-state index in [1.165, 1.54) is 11.1 Å². The van der Waals surface area contributed by atoms with Crippen LogP contribution in [0.1, 0.15) is 22.8 Å². The number of hydrogen-bond donors (Lipinski definition) is 1. The Morgan fingerprint density at radius 1 is 1.33 bits per heavy atom. The van der Waals surface area contributed by atoms with Gasteiger partial charge in [-0.2, -0.15) is 5.10 Å². The third kappa shape index (κ3) is 2.97. The van der Waals surface area contributed by atoms with Gasteiger partial charge >= 0.3 is 0 Å². The summed E-state index contributed by atoms with van der Waals surface area (Å²) in [5.74, 6) is 1.76. The highest BCUT2D eigenvalue weighted by Gasteiger charge is 2.06. The number of nitrogens with zero attached hydrogens (tertiary/aromatic N) is 3. The second-order valence-corrected chi connectivity index (χ2v) is 5.17. The molecule has 0 aliphatic carbocycles. The van der Waals surface area contributed by atoms with Crippen LogP contribution < -0.4 is 5.32 Å². The van der Waals surface area contributed by atoms with E-state index in [0.29, 0.717) is 0 Å². The molecular formula is C13H17BrN4. The molecule has 0 aliphatic rings. The van der Waals surface area contributed by atoms with Crippen LogP contribution >= 0.6 is 15.9 Å². The molecule has 0 bridgehead atoms. The molecule has 0 atom stereocenters. The molecule has 0 unspecified atom stereocenters. The molecule has 0 amide bonds. The fourth-order valence-corrected chi connectivity index (χ4v) is 2.46. The molecular weight excluding hydrogens is 292 g/mol. The van der Waals surface area contributed by atoms with Crippen molar-refractivity contribution in [2.24, 2.45) is 0 Å². The SMILES string of the molecule is CNCc1ccc(Cn2nc(C)nc2C)c(Br)c1. The molecule has 1 aromatic heterocycles. The molecule has 0 fully saturated rings. The fraction of sp³-hybridized carbons (Fsp3) is 0.385. The number of nitrogens with one attached hydrogen (secondary N) is 1. The summed E-state index contributed by atoms with van der Waals surface area (Å²) >= 11 is 3.62. The van der Waals surface area contributed by atoms with Gasteiger partial charge in [0.15, 0.2) is 0 Å². The van der Waals surface area contributed by atoms with E-state index in [9.17, 15) is 0 Å². The van der Waals surface area contributed by atoms with Crippen molar-refractivity contribution in [1.29, 1.82) is 0 Å². The molecule has 4 nitrogen and oxygen atoms in total. The number of aryl methyl sites for hydroxylation is 2. The van der Waals surface area contributed by atoms with Crippen LogP contribution in [0.25, 0.3) is 0 Å². The maximum atomic E-state index is 4.38. The lowest BCUT2D eigenvalue weighted by Crippen LogP contribution is -2.07. The first-order chi connectivity index (χ1) is 8.60. The van der Waals surface area contributed by atoms with Crippen molar-refractivity contribution in [3.05, 3.63) is 45.4 Å². The van der Waals surface area contributed by atoms with Crippen LogP contribution in [-0.2, 0) is 13.1 Å². The first-order valence-electron chi connectivity index (χ1n) is 5.90. The molecule has 96 valence electrons. The van der Waals surface area contributed by atoms with Gasteiger partial charge in [0, 0.05) is 11.0 Å². The summed E-state index contributed by atoms with van der Waals surface area (Å²) in [6, 6.07) is 6.41. The van der Waals surface area contributed by atoms with Crippen molar-refractivity contribution in [2.75, 3.05) is 7.05 Å². The van der Waals surface area contributed by atoms with Gasteiger partial charge in [0.05, 0.1) is 6.54 Å². The summed E-state index contributed by atoms with van der Waals surface area (Å²) in [5.41, 5.74) is 2.47. The fourth-order valence-electron chi connectivity index (χ4n) is 1.91. The van der Waals surface area contributed by atoms with Gasteiger partial charge in [-0.25, -0.2) is 9.67 Å². The lowest BCUT2D eigenvalue weighted by molar-refractivity contribution is 0.654. The predicted molar refractivity (Wildman–Crippen MR) is 75.5 cm³/mol. The molecule has 0 spiro atoms. The molecule has 0 saturated carbocycles. The van der Waals surface area contributed by atoms with E-state index in [1.54, 1.807) is 0 Å². The standard InChI is InChI=1S/C13H17BrN4/c1-9-16-10(2)18(17-9)8-12-5-4-11(7-15-3)6-13(12)14/h4-6,15H,7-8H2,1-3H3. The first kappa shape index (κ1) is 13.2. The Morgan fingerprint density at radius 3 is 2.67 bits per heavy atom. The maximum absolute atomic E-state index is 4.38. The number of aromatic nitrogens is 3. The Balaban J connectivity index is 2.21. The smallest absolute Gasteiger partial charge is 0.147 e. The normalized spacial score (nSPS) is 10.9. The van der Waals surface area contributed by atoms with Gasteiger partial charge in [-0.05, 0) is 38.1 Å². The summed E-state index contributed by atoms with van der Waals surface area (Å²) in [6.07, 6.45) is 0. The predicted octanol–water partition coefficient (Wildman–Crippen LogP) is 2.43. The third-order valence-corrected chi connectivity index (χ3v) is 3.52. The summed E-state index contributed by atoms with van der Waals surface area (Å²) < 4.78 is 3.04. The summed E-state index contributed by atoms with van der Waals surface area (Å²) in [7, 11) is 1.95. The second-order valence-electron chi connectivity index (χ2n) is 4.32. The summed E-state index contributed by atoms with van der Waals surface area (Å²) in [6.45, 7) is 5.51. The molecule has 2 aromatic rings. The van der Waals surface area contributed by atoms with Crippen LogP contribution in [-0.4, -0.2) is 21.8 Å². The van der Waals surface area contributed by atoms with Crippen LogP contribution in [0.4, 0.5) is 0 Å². The van der Waals surface area contributed by atoms with E-state index in [-0.39, 0.29) is 0 Å². The monoisotopic (exact) mass is 308 g/mol. The number of halogens is 1. The van der Waals surface area contributed by atoms with Gasteiger partial charge in [-0.15, -0.1) is 0 Å². The van der Waals surface area contributed by atoms with E-state index in [1.807, 2.05) is 25.6 Å². The largest absolute Gasteiger partial charge is 0.316 e. The zero-order valence-electron chi connectivity index (χ0n) is 10.9. The highest BCUT2D eigenvalue weighted by atomic mass is 79.9. The Bertz CT molecular complexity index is 548. The number of benzene rings is 1. The van der Waals surface area contributed by atoms with Crippen molar-refractivity contribution in [3.8, 4) is 0 Å². The van der Waals surface area contributed by atoms with Gasteiger partial charge in [-0.3, -0.25) is 0 Å². The lowest BCUT2D eigenvalue weighted by atomic mass is 10.1. The summed E-state index contributed by atoms with van der Waals surface area (Å²) in [4.78, 5) is 4.31. The van der Waals surface area contributed by atoms with Gasteiger partial charge in [-0.1, -0.05) is 28.1 Å². The van der Waals surface area contributed by atoms with Crippen LogP contribution in [0.15, 0.2) is 22.7 Å². The number of rotatable bonds is 4. The topological polar surface area (TPSA) is 42.7 Å². The molecule has 1 aromatic carbocycles. The lowest BCUT2D eigenvalue weighted by Gasteiger charge is -2.08. The maximum Gasteiger partial charge on any atom is 0.147 e. The van der Waals surface area contributed by atoms with Crippen molar-refractivity contribution in [2.45, 2.75) is 26.9 Å². The molecule has 1 N–H and O–H groups in total. The molecule has 0 saturated heterocycles. The first-order valence-corrected chi connectivity index (χ1v) is 6.69. The highest BCUT2D eigenvalue weighted by molar-refractivity contribution is 9.10. The Morgan fingerprint density at radius 2 is 2.11 bits per heavy atom. The number of hydrogen-bond acceptors (Lipinski definition) is 3. The third-order valence-electron chi connectivity index (χ3n) is 2.78. The summed E-state index contributed by atoms with van der Waals surface area (Å²) in [5, 5.41) is 7.52. The molecule has 2 rings (SSSR count). The minimum absolute atomic E-state index is 0.743. The van der Waals surface area contributed by atoms with Crippen LogP contribution in [0.3, 0.4) is 0 Å². The van der Waals surface area contributed by atoms with Gasteiger partial charge in [0.1, 0.15) is 11.6 Å². The van der Waals surface area contributed by atoms with Crippen LogP contribution in [0, 0.1) is 13.8 Å². The van der Waals surface area contributed by atoms with Crippen molar-refractivity contribution < 1.29 is 0 Å². The minimum atomic E-state index is 0.743. The van der Waals surface area contributed by atoms with Gasteiger partial charge in [0.25, 0.3) is 0 Å². The highest BCUT2D eigenvalue weighted by Crippen LogP contribution is 2.20.